The standard InChI is InChI=1S/C14H17NO3S/c1-8-13-10-7-12(18-3)11(17-2)6-9(10)4-5-15(13)14(16)19-8/h6-8,13H,4-5H2,1-3H3/t8-,13-/m0/s1. The normalized spacial score (nSPS) is 25.0. The molecule has 2 aliphatic rings. The summed E-state index contributed by atoms with van der Waals surface area (Å²) in [5.41, 5.74) is 2.47. The van der Waals surface area contributed by atoms with E-state index in [9.17, 15) is 4.79 Å². The first kappa shape index (κ1) is 12.7. The molecule has 1 aromatic rings. The monoisotopic (exact) mass is 279 g/mol. The van der Waals surface area contributed by atoms with E-state index in [4.69, 9.17) is 9.47 Å². The second kappa shape index (κ2) is 4.63. The molecule has 2 heterocycles. The molecule has 4 nitrogen and oxygen atoms in total. The van der Waals surface area contributed by atoms with E-state index >= 15 is 0 Å². The van der Waals surface area contributed by atoms with E-state index in [-0.39, 0.29) is 16.5 Å². The van der Waals surface area contributed by atoms with Crippen molar-refractivity contribution in [2.24, 2.45) is 0 Å². The van der Waals surface area contributed by atoms with Gasteiger partial charge in [-0.15, -0.1) is 0 Å². The zero-order valence-corrected chi connectivity index (χ0v) is 12.1. The van der Waals surface area contributed by atoms with Gasteiger partial charge in [-0.3, -0.25) is 4.79 Å². The van der Waals surface area contributed by atoms with Crippen molar-refractivity contribution in [1.82, 2.24) is 4.90 Å². The molecule has 0 aliphatic carbocycles. The summed E-state index contributed by atoms with van der Waals surface area (Å²) in [6.07, 6.45) is 0.880. The summed E-state index contributed by atoms with van der Waals surface area (Å²) in [5.74, 6) is 1.50. The van der Waals surface area contributed by atoms with Gasteiger partial charge in [-0.05, 0) is 29.7 Å². The highest BCUT2D eigenvalue weighted by molar-refractivity contribution is 8.14. The number of hydrogen-bond acceptors (Lipinski definition) is 4. The van der Waals surface area contributed by atoms with E-state index in [0.29, 0.717) is 0 Å². The van der Waals surface area contributed by atoms with Crippen LogP contribution in [0.1, 0.15) is 24.1 Å². The van der Waals surface area contributed by atoms with Crippen LogP contribution in [-0.4, -0.2) is 36.2 Å². The average Bonchev–Trinajstić information content (AvgIpc) is 2.72. The Morgan fingerprint density at radius 1 is 1.26 bits per heavy atom. The molecule has 1 saturated heterocycles. The van der Waals surface area contributed by atoms with Gasteiger partial charge >= 0.3 is 0 Å². The van der Waals surface area contributed by atoms with Crippen molar-refractivity contribution in [3.05, 3.63) is 23.3 Å². The first-order valence-electron chi connectivity index (χ1n) is 6.37. The van der Waals surface area contributed by atoms with Gasteiger partial charge in [0.2, 0.25) is 0 Å². The molecule has 5 heteroatoms. The molecular weight excluding hydrogens is 262 g/mol. The van der Waals surface area contributed by atoms with Gasteiger partial charge in [-0.1, -0.05) is 18.7 Å². The smallest absolute Gasteiger partial charge is 0.282 e. The topological polar surface area (TPSA) is 38.8 Å². The summed E-state index contributed by atoms with van der Waals surface area (Å²) in [7, 11) is 3.29. The van der Waals surface area contributed by atoms with Crippen molar-refractivity contribution < 1.29 is 14.3 Å². The van der Waals surface area contributed by atoms with Crippen LogP contribution in [0.2, 0.25) is 0 Å². The number of carbonyl (C=O) groups excluding carboxylic acids is 1. The van der Waals surface area contributed by atoms with Crippen molar-refractivity contribution >= 4 is 17.0 Å². The molecule has 2 aliphatic heterocycles. The molecule has 0 saturated carbocycles. The molecule has 1 amide bonds. The number of rotatable bonds is 2. The number of methoxy groups -OCH3 is 2. The summed E-state index contributed by atoms with van der Waals surface area (Å²) >= 11 is 1.43. The number of fused-ring (bicyclic) bond motifs is 3. The molecule has 0 unspecified atom stereocenters. The molecule has 19 heavy (non-hydrogen) atoms. The summed E-state index contributed by atoms with van der Waals surface area (Å²) in [6, 6.07) is 4.24. The first-order chi connectivity index (χ1) is 9.15. The van der Waals surface area contributed by atoms with Gasteiger partial charge in [0.15, 0.2) is 11.5 Å². The Labute approximate surface area is 117 Å². The van der Waals surface area contributed by atoms with Crippen LogP contribution in [0.15, 0.2) is 12.1 Å². The SMILES string of the molecule is COc1cc2c(cc1OC)[C@@H]1[C@H](C)SC(=O)N1CC2. The third-order valence-corrected chi connectivity index (χ3v) is 4.95. The van der Waals surface area contributed by atoms with Crippen molar-refractivity contribution in [3.8, 4) is 11.5 Å². The molecule has 3 rings (SSSR count). The lowest BCUT2D eigenvalue weighted by Crippen LogP contribution is -2.35. The Bertz CT molecular complexity index is 532. The summed E-state index contributed by atoms with van der Waals surface area (Å²) in [5, 5.41) is 0.475. The minimum atomic E-state index is 0.168. The largest absolute Gasteiger partial charge is 0.493 e. The maximum absolute atomic E-state index is 11.9. The number of hydrogen-bond donors (Lipinski definition) is 0. The highest BCUT2D eigenvalue weighted by Crippen LogP contribution is 2.47. The molecule has 0 aromatic heterocycles. The van der Waals surface area contributed by atoms with Gasteiger partial charge in [0.25, 0.3) is 5.24 Å². The predicted molar refractivity (Wildman–Crippen MR) is 75.1 cm³/mol. The molecule has 0 bridgehead atoms. The Morgan fingerprint density at radius 2 is 1.95 bits per heavy atom. The van der Waals surface area contributed by atoms with Crippen molar-refractivity contribution in [2.45, 2.75) is 24.6 Å². The number of ether oxygens (including phenoxy) is 2. The summed E-state index contributed by atoms with van der Waals surface area (Å²) < 4.78 is 10.7. The van der Waals surface area contributed by atoms with Gasteiger partial charge in [0.05, 0.1) is 20.3 Å². The lowest BCUT2D eigenvalue weighted by molar-refractivity contribution is 0.201. The lowest BCUT2D eigenvalue weighted by Gasteiger charge is -2.33. The van der Waals surface area contributed by atoms with E-state index in [0.717, 1.165) is 24.5 Å². The Kier molecular flexibility index (Phi) is 3.09. The molecule has 0 N–H and O–H groups in total. The number of thioether (sulfide) groups is 1. The predicted octanol–water partition coefficient (Wildman–Crippen LogP) is 2.86. The Hall–Kier alpha value is -1.36. The molecule has 2 atom stereocenters. The zero-order valence-electron chi connectivity index (χ0n) is 11.3. The van der Waals surface area contributed by atoms with Gasteiger partial charge in [-0.25, -0.2) is 0 Å². The lowest BCUT2D eigenvalue weighted by atomic mass is 9.91. The van der Waals surface area contributed by atoms with E-state index in [2.05, 4.69) is 6.92 Å². The fourth-order valence-electron chi connectivity index (χ4n) is 2.98. The molecule has 0 spiro atoms. The molecule has 1 fully saturated rings. The molecule has 0 radical (unpaired) electrons. The Morgan fingerprint density at radius 3 is 2.63 bits per heavy atom. The molecule has 1 aromatic carbocycles. The maximum Gasteiger partial charge on any atom is 0.282 e. The van der Waals surface area contributed by atoms with Gasteiger partial charge < -0.3 is 14.4 Å². The number of amides is 1. The van der Waals surface area contributed by atoms with Crippen molar-refractivity contribution in [1.29, 1.82) is 0 Å². The number of nitrogens with zero attached hydrogens (tertiary/aromatic N) is 1. The minimum absolute atomic E-state index is 0.168. The maximum atomic E-state index is 11.9. The van der Waals surface area contributed by atoms with Crippen LogP contribution in [0.25, 0.3) is 0 Å². The highest BCUT2D eigenvalue weighted by Gasteiger charge is 2.42. The van der Waals surface area contributed by atoms with Crippen molar-refractivity contribution in [2.75, 3.05) is 20.8 Å². The number of carbonyl (C=O) groups is 1. The zero-order chi connectivity index (χ0) is 13.6. The second-order valence-corrected chi connectivity index (χ2v) is 6.21. The fraction of sp³-hybridized carbons (Fsp3) is 0.500. The van der Waals surface area contributed by atoms with Gasteiger partial charge in [0.1, 0.15) is 0 Å². The third-order valence-electron chi connectivity index (χ3n) is 3.89. The summed E-state index contributed by atoms with van der Waals surface area (Å²) in [6.45, 7) is 2.91. The van der Waals surface area contributed by atoms with Crippen LogP contribution in [0.5, 0.6) is 11.5 Å². The highest BCUT2D eigenvalue weighted by atomic mass is 32.2. The van der Waals surface area contributed by atoms with E-state index in [1.807, 2.05) is 17.0 Å². The van der Waals surface area contributed by atoms with Crippen LogP contribution < -0.4 is 9.47 Å². The van der Waals surface area contributed by atoms with Crippen LogP contribution >= 0.6 is 11.8 Å². The average molecular weight is 279 g/mol. The molecular formula is C14H17NO3S. The minimum Gasteiger partial charge on any atom is -0.493 e. The van der Waals surface area contributed by atoms with Crippen LogP contribution in [-0.2, 0) is 6.42 Å². The van der Waals surface area contributed by atoms with E-state index in [1.165, 1.54) is 22.9 Å². The van der Waals surface area contributed by atoms with Gasteiger partial charge in [0, 0.05) is 11.8 Å². The Balaban J connectivity index is 2.09. The number of benzene rings is 1. The van der Waals surface area contributed by atoms with E-state index < -0.39 is 0 Å². The second-order valence-electron chi connectivity index (χ2n) is 4.88. The van der Waals surface area contributed by atoms with E-state index in [1.54, 1.807) is 14.2 Å². The quantitative estimate of drug-likeness (QED) is 0.834. The van der Waals surface area contributed by atoms with Crippen LogP contribution in [0.4, 0.5) is 4.79 Å². The first-order valence-corrected chi connectivity index (χ1v) is 7.25. The van der Waals surface area contributed by atoms with Crippen LogP contribution in [0.3, 0.4) is 0 Å². The molecule has 102 valence electrons. The van der Waals surface area contributed by atoms with Crippen LogP contribution in [0, 0.1) is 0 Å². The van der Waals surface area contributed by atoms with Crippen molar-refractivity contribution in [3.63, 3.8) is 0 Å². The third kappa shape index (κ3) is 1.87. The van der Waals surface area contributed by atoms with Gasteiger partial charge in [-0.2, -0.15) is 0 Å². The fourth-order valence-corrected chi connectivity index (χ4v) is 4.06. The summed E-state index contributed by atoms with van der Waals surface area (Å²) in [4.78, 5) is 13.9.